The third-order valence-corrected chi connectivity index (χ3v) is 4.70. The molecule has 0 amide bonds. The summed E-state index contributed by atoms with van der Waals surface area (Å²) in [5, 5.41) is 0. The number of hydrogen-bond acceptors (Lipinski definition) is 4. The molecule has 2 heterocycles. The zero-order valence-corrected chi connectivity index (χ0v) is 12.2. The normalized spacial score (nSPS) is 19.9. The first kappa shape index (κ1) is 17.6. The smallest absolute Gasteiger partial charge is 0.244 e. The van der Waals surface area contributed by atoms with Crippen molar-refractivity contribution in [3.05, 3.63) is 24.5 Å². The van der Waals surface area contributed by atoms with Crippen LogP contribution in [0.1, 0.15) is 6.42 Å². The Morgan fingerprint density at radius 2 is 2.17 bits per heavy atom. The highest BCUT2D eigenvalue weighted by Crippen LogP contribution is 2.22. The van der Waals surface area contributed by atoms with Crippen molar-refractivity contribution < 1.29 is 8.42 Å². The van der Waals surface area contributed by atoms with E-state index in [2.05, 4.69) is 4.98 Å². The Hall–Kier alpha value is -0.400. The second kappa shape index (κ2) is 7.25. The number of nitrogens with zero attached hydrogens (tertiary/aromatic N) is 2. The summed E-state index contributed by atoms with van der Waals surface area (Å²) in [7, 11) is -3.37. The van der Waals surface area contributed by atoms with Crippen LogP contribution in [0.15, 0.2) is 29.4 Å². The summed E-state index contributed by atoms with van der Waals surface area (Å²) in [5.74, 6) is 0.284. The van der Waals surface area contributed by atoms with Gasteiger partial charge in [0.25, 0.3) is 0 Å². The molecule has 104 valence electrons. The van der Waals surface area contributed by atoms with Gasteiger partial charge in [0.1, 0.15) is 4.90 Å². The van der Waals surface area contributed by atoms with E-state index in [1.54, 1.807) is 18.3 Å². The summed E-state index contributed by atoms with van der Waals surface area (Å²) in [5.41, 5.74) is 5.54. The maximum absolute atomic E-state index is 12.1. The zero-order valence-electron chi connectivity index (χ0n) is 9.73. The molecule has 0 aliphatic carbocycles. The van der Waals surface area contributed by atoms with Crippen molar-refractivity contribution in [1.29, 1.82) is 0 Å². The SMILES string of the molecule is Cl.Cl.NCC1CCN(S(=O)(=O)c2cccnc2)C1. The van der Waals surface area contributed by atoms with Gasteiger partial charge in [0, 0.05) is 25.5 Å². The molecule has 5 nitrogen and oxygen atoms in total. The molecule has 1 aliphatic rings. The number of nitrogens with two attached hydrogens (primary N) is 1. The lowest BCUT2D eigenvalue weighted by Gasteiger charge is -2.15. The maximum Gasteiger partial charge on any atom is 0.244 e. The predicted molar refractivity (Wildman–Crippen MR) is 74.7 cm³/mol. The second-order valence-electron chi connectivity index (χ2n) is 3.94. The van der Waals surface area contributed by atoms with Crippen LogP contribution in [0.5, 0.6) is 0 Å². The number of hydrogen-bond donors (Lipinski definition) is 1. The number of pyridine rings is 1. The van der Waals surface area contributed by atoms with Crippen LogP contribution >= 0.6 is 24.8 Å². The number of halogens is 2. The van der Waals surface area contributed by atoms with Crippen molar-refractivity contribution in [2.45, 2.75) is 11.3 Å². The van der Waals surface area contributed by atoms with Gasteiger partial charge in [-0.25, -0.2) is 8.42 Å². The van der Waals surface area contributed by atoms with E-state index in [-0.39, 0.29) is 35.6 Å². The van der Waals surface area contributed by atoms with Crippen LogP contribution in [-0.2, 0) is 10.0 Å². The molecule has 1 aromatic rings. The Labute approximate surface area is 120 Å². The quantitative estimate of drug-likeness (QED) is 0.899. The summed E-state index contributed by atoms with van der Waals surface area (Å²) in [4.78, 5) is 4.09. The standard InChI is InChI=1S/C10H15N3O2S.2ClH/c11-6-9-3-5-13(8-9)16(14,15)10-2-1-4-12-7-10;;/h1-2,4,7,9H,3,5-6,8,11H2;2*1H. The van der Waals surface area contributed by atoms with Crippen LogP contribution in [0.25, 0.3) is 0 Å². The van der Waals surface area contributed by atoms with E-state index in [9.17, 15) is 8.42 Å². The summed E-state index contributed by atoms with van der Waals surface area (Å²) in [6.45, 7) is 1.62. The Balaban J connectivity index is 0.00000144. The summed E-state index contributed by atoms with van der Waals surface area (Å²) in [6.07, 6.45) is 3.78. The number of aromatic nitrogens is 1. The Morgan fingerprint density at radius 1 is 1.44 bits per heavy atom. The first-order valence-corrected chi connectivity index (χ1v) is 6.69. The van der Waals surface area contributed by atoms with Gasteiger partial charge in [0.15, 0.2) is 0 Å². The first-order valence-electron chi connectivity index (χ1n) is 5.25. The molecule has 2 N–H and O–H groups in total. The topological polar surface area (TPSA) is 76.3 Å². The minimum Gasteiger partial charge on any atom is -0.330 e. The molecule has 1 atom stereocenters. The van der Waals surface area contributed by atoms with Crippen molar-refractivity contribution in [1.82, 2.24) is 9.29 Å². The molecule has 8 heteroatoms. The zero-order chi connectivity index (χ0) is 11.6. The molecule has 2 rings (SSSR count). The van der Waals surface area contributed by atoms with Gasteiger partial charge in [-0.2, -0.15) is 4.31 Å². The van der Waals surface area contributed by atoms with Gasteiger partial charge in [-0.15, -0.1) is 24.8 Å². The largest absolute Gasteiger partial charge is 0.330 e. The average Bonchev–Trinajstić information content (AvgIpc) is 2.79. The fraction of sp³-hybridized carbons (Fsp3) is 0.500. The van der Waals surface area contributed by atoms with Gasteiger partial charge in [-0.1, -0.05) is 0 Å². The Morgan fingerprint density at radius 3 is 2.67 bits per heavy atom. The van der Waals surface area contributed by atoms with Crippen molar-refractivity contribution in [2.75, 3.05) is 19.6 Å². The molecule has 1 aliphatic heterocycles. The summed E-state index contributed by atoms with van der Waals surface area (Å²) < 4.78 is 25.8. The maximum atomic E-state index is 12.1. The van der Waals surface area contributed by atoms with Crippen molar-refractivity contribution in [2.24, 2.45) is 11.7 Å². The monoisotopic (exact) mass is 313 g/mol. The lowest BCUT2D eigenvalue weighted by atomic mass is 10.1. The van der Waals surface area contributed by atoms with E-state index in [0.29, 0.717) is 19.6 Å². The van der Waals surface area contributed by atoms with Crippen LogP contribution in [0.3, 0.4) is 0 Å². The van der Waals surface area contributed by atoms with Crippen LogP contribution in [0, 0.1) is 5.92 Å². The van der Waals surface area contributed by atoms with E-state index in [4.69, 9.17) is 5.73 Å². The van der Waals surface area contributed by atoms with Gasteiger partial charge in [0.05, 0.1) is 0 Å². The van der Waals surface area contributed by atoms with E-state index in [0.717, 1.165) is 6.42 Å². The van der Waals surface area contributed by atoms with Gasteiger partial charge >= 0.3 is 0 Å². The van der Waals surface area contributed by atoms with Gasteiger partial charge in [-0.05, 0) is 31.0 Å². The first-order chi connectivity index (χ1) is 7.64. The van der Waals surface area contributed by atoms with E-state index in [1.807, 2.05) is 0 Å². The van der Waals surface area contributed by atoms with Crippen LogP contribution in [-0.4, -0.2) is 37.3 Å². The molecule has 1 saturated heterocycles. The third-order valence-electron chi connectivity index (χ3n) is 2.85. The number of rotatable bonds is 3. The summed E-state index contributed by atoms with van der Waals surface area (Å²) >= 11 is 0. The fourth-order valence-electron chi connectivity index (χ4n) is 1.86. The molecule has 1 aromatic heterocycles. The molecule has 18 heavy (non-hydrogen) atoms. The average molecular weight is 314 g/mol. The molecule has 0 bridgehead atoms. The molecule has 0 spiro atoms. The highest BCUT2D eigenvalue weighted by atomic mass is 35.5. The van der Waals surface area contributed by atoms with Crippen LogP contribution in [0.2, 0.25) is 0 Å². The van der Waals surface area contributed by atoms with E-state index >= 15 is 0 Å². The van der Waals surface area contributed by atoms with Crippen LogP contribution in [0.4, 0.5) is 0 Å². The van der Waals surface area contributed by atoms with Gasteiger partial charge in [-0.3, -0.25) is 4.98 Å². The minimum absolute atomic E-state index is 0. The van der Waals surface area contributed by atoms with E-state index < -0.39 is 10.0 Å². The predicted octanol–water partition coefficient (Wildman–Crippen LogP) is 0.895. The fourth-order valence-corrected chi connectivity index (χ4v) is 3.35. The van der Waals surface area contributed by atoms with Crippen molar-refractivity contribution in [3.63, 3.8) is 0 Å². The van der Waals surface area contributed by atoms with Crippen molar-refractivity contribution in [3.8, 4) is 0 Å². The lowest BCUT2D eigenvalue weighted by molar-refractivity contribution is 0.459. The highest BCUT2D eigenvalue weighted by Gasteiger charge is 2.31. The molecular weight excluding hydrogens is 297 g/mol. The molecule has 1 fully saturated rings. The Kier molecular flexibility index (Phi) is 7.09. The molecule has 0 radical (unpaired) electrons. The third kappa shape index (κ3) is 3.55. The van der Waals surface area contributed by atoms with Gasteiger partial charge in [0.2, 0.25) is 10.0 Å². The lowest BCUT2D eigenvalue weighted by Crippen LogP contribution is -2.30. The molecule has 0 saturated carbocycles. The minimum atomic E-state index is -3.37. The Bertz CT molecular complexity index is 455. The summed E-state index contributed by atoms with van der Waals surface area (Å²) in [6, 6.07) is 3.20. The van der Waals surface area contributed by atoms with Crippen LogP contribution < -0.4 is 5.73 Å². The number of sulfonamides is 1. The van der Waals surface area contributed by atoms with E-state index in [1.165, 1.54) is 10.5 Å². The van der Waals surface area contributed by atoms with Crippen molar-refractivity contribution >= 4 is 34.8 Å². The highest BCUT2D eigenvalue weighted by molar-refractivity contribution is 7.89. The molecule has 0 aromatic carbocycles. The van der Waals surface area contributed by atoms with Gasteiger partial charge < -0.3 is 5.73 Å². The molecule has 1 unspecified atom stereocenters. The second-order valence-corrected chi connectivity index (χ2v) is 5.88. The molecular formula is C10H17Cl2N3O2S.